The summed E-state index contributed by atoms with van der Waals surface area (Å²) in [6.45, 7) is 0.575. The molecule has 1 atom stereocenters. The van der Waals surface area contributed by atoms with E-state index in [0.29, 0.717) is 13.0 Å². The van der Waals surface area contributed by atoms with Crippen LogP contribution in [-0.2, 0) is 9.59 Å². The number of halogens is 2. The Morgan fingerprint density at radius 2 is 1.95 bits per heavy atom. The molecule has 2 aliphatic rings. The lowest BCUT2D eigenvalue weighted by atomic mass is 9.79. The zero-order chi connectivity index (χ0) is 14.0. The topological polar surface area (TPSA) is 57.6 Å². The van der Waals surface area contributed by atoms with Gasteiger partial charge >= 0.3 is 5.97 Å². The van der Waals surface area contributed by atoms with Gasteiger partial charge in [-0.1, -0.05) is 0 Å². The number of carbonyl (C=O) groups excluding carboxylic acids is 1. The lowest BCUT2D eigenvalue weighted by Crippen LogP contribution is -2.51. The van der Waals surface area contributed by atoms with Crippen molar-refractivity contribution in [1.82, 2.24) is 4.90 Å². The minimum atomic E-state index is -2.69. The summed E-state index contributed by atoms with van der Waals surface area (Å²) in [6, 6.07) is -0.0911. The predicted octanol–water partition coefficient (Wildman–Crippen LogP) is 2.28. The number of amides is 1. The fourth-order valence-electron chi connectivity index (χ4n) is 2.95. The Labute approximate surface area is 110 Å². The summed E-state index contributed by atoms with van der Waals surface area (Å²) in [5.74, 6) is -4.35. The summed E-state index contributed by atoms with van der Waals surface area (Å²) in [4.78, 5) is 24.4. The Bertz CT molecular complexity index is 365. The second kappa shape index (κ2) is 5.43. The van der Waals surface area contributed by atoms with Crippen molar-refractivity contribution in [1.29, 1.82) is 0 Å². The highest BCUT2D eigenvalue weighted by Gasteiger charge is 2.50. The molecule has 0 bridgehead atoms. The van der Waals surface area contributed by atoms with Gasteiger partial charge in [0.15, 0.2) is 0 Å². The van der Waals surface area contributed by atoms with E-state index in [9.17, 15) is 18.4 Å². The number of hydrogen-bond acceptors (Lipinski definition) is 2. The Balaban J connectivity index is 1.91. The summed E-state index contributed by atoms with van der Waals surface area (Å²) >= 11 is 0. The van der Waals surface area contributed by atoms with E-state index in [1.54, 1.807) is 4.90 Å². The molecule has 0 radical (unpaired) electrons. The van der Waals surface area contributed by atoms with Gasteiger partial charge in [0, 0.05) is 37.8 Å². The van der Waals surface area contributed by atoms with Crippen LogP contribution in [0.3, 0.4) is 0 Å². The molecule has 1 heterocycles. The maximum Gasteiger partial charge on any atom is 0.303 e. The normalized spacial score (nSPS) is 26.8. The SMILES string of the molecule is O=C(O)CCC1CCCCN1C(=O)C1CC(F)(F)C1. The second-order valence-corrected chi connectivity index (χ2v) is 5.57. The van der Waals surface area contributed by atoms with Gasteiger partial charge in [-0.2, -0.15) is 0 Å². The highest BCUT2D eigenvalue weighted by Crippen LogP contribution is 2.43. The molecule has 0 aromatic rings. The predicted molar refractivity (Wildman–Crippen MR) is 63.9 cm³/mol. The lowest BCUT2D eigenvalue weighted by molar-refractivity contribution is -0.163. The fraction of sp³-hybridized carbons (Fsp3) is 0.846. The van der Waals surface area contributed by atoms with Crippen LogP contribution in [0.5, 0.6) is 0 Å². The quantitative estimate of drug-likeness (QED) is 0.856. The number of rotatable bonds is 4. The number of nitrogens with zero attached hydrogens (tertiary/aromatic N) is 1. The van der Waals surface area contributed by atoms with Gasteiger partial charge in [0.05, 0.1) is 0 Å². The standard InChI is InChI=1S/C13H19F2NO3/c14-13(15)7-9(8-13)12(19)16-6-2-1-3-10(16)4-5-11(17)18/h9-10H,1-8H2,(H,17,18). The molecule has 1 unspecified atom stereocenters. The molecule has 108 valence electrons. The first-order valence-electron chi connectivity index (χ1n) is 6.79. The summed E-state index contributed by atoms with van der Waals surface area (Å²) in [5.41, 5.74) is 0. The van der Waals surface area contributed by atoms with Crippen LogP contribution in [0.25, 0.3) is 0 Å². The molecule has 0 aromatic heterocycles. The molecule has 1 amide bonds. The summed E-state index contributed by atoms with van der Waals surface area (Å²) < 4.78 is 25.6. The van der Waals surface area contributed by atoms with Crippen LogP contribution >= 0.6 is 0 Å². The maximum absolute atomic E-state index is 12.8. The summed E-state index contributed by atoms with van der Waals surface area (Å²) in [6.07, 6.45) is 2.36. The highest BCUT2D eigenvalue weighted by molar-refractivity contribution is 5.80. The largest absolute Gasteiger partial charge is 0.481 e. The number of carboxylic acids is 1. The number of carboxylic acid groups (broad SMARTS) is 1. The average molecular weight is 275 g/mol. The van der Waals surface area contributed by atoms with Crippen LogP contribution in [0.4, 0.5) is 8.78 Å². The molecule has 1 saturated carbocycles. The first kappa shape index (κ1) is 14.2. The van der Waals surface area contributed by atoms with Gasteiger partial charge < -0.3 is 10.0 Å². The molecular formula is C13H19F2NO3. The van der Waals surface area contributed by atoms with E-state index in [0.717, 1.165) is 19.3 Å². The minimum absolute atomic E-state index is 0.0231. The van der Waals surface area contributed by atoms with Crippen LogP contribution in [-0.4, -0.2) is 40.4 Å². The van der Waals surface area contributed by atoms with Crippen molar-refractivity contribution in [3.63, 3.8) is 0 Å². The number of likely N-dealkylation sites (tertiary alicyclic amines) is 1. The molecule has 2 fully saturated rings. The monoisotopic (exact) mass is 275 g/mol. The molecule has 6 heteroatoms. The first-order valence-corrected chi connectivity index (χ1v) is 6.79. The van der Waals surface area contributed by atoms with Crippen molar-refractivity contribution in [2.45, 2.75) is 56.9 Å². The van der Waals surface area contributed by atoms with Crippen molar-refractivity contribution in [3.8, 4) is 0 Å². The van der Waals surface area contributed by atoms with E-state index in [-0.39, 0.29) is 31.2 Å². The van der Waals surface area contributed by atoms with Gasteiger partial charge in [-0.25, -0.2) is 8.78 Å². The number of carbonyl (C=O) groups is 2. The van der Waals surface area contributed by atoms with E-state index in [1.807, 2.05) is 0 Å². The molecule has 1 aliphatic heterocycles. The smallest absolute Gasteiger partial charge is 0.303 e. The Morgan fingerprint density at radius 1 is 1.26 bits per heavy atom. The molecule has 2 rings (SSSR count). The molecular weight excluding hydrogens is 256 g/mol. The van der Waals surface area contributed by atoms with E-state index in [1.165, 1.54) is 0 Å². The van der Waals surface area contributed by atoms with E-state index in [4.69, 9.17) is 5.11 Å². The third-order valence-electron chi connectivity index (χ3n) is 4.04. The van der Waals surface area contributed by atoms with Crippen LogP contribution in [0.2, 0.25) is 0 Å². The number of piperidine rings is 1. The fourth-order valence-corrected chi connectivity index (χ4v) is 2.95. The van der Waals surface area contributed by atoms with E-state index < -0.39 is 17.8 Å². The van der Waals surface area contributed by atoms with Gasteiger partial charge in [-0.15, -0.1) is 0 Å². The molecule has 0 spiro atoms. The van der Waals surface area contributed by atoms with Crippen LogP contribution in [0, 0.1) is 5.92 Å². The Kier molecular flexibility index (Phi) is 4.06. The lowest BCUT2D eigenvalue weighted by Gasteiger charge is -2.42. The number of aliphatic carboxylic acids is 1. The molecule has 4 nitrogen and oxygen atoms in total. The highest BCUT2D eigenvalue weighted by atomic mass is 19.3. The number of alkyl halides is 2. The van der Waals surface area contributed by atoms with Crippen molar-refractivity contribution < 1.29 is 23.5 Å². The van der Waals surface area contributed by atoms with Crippen LogP contribution in [0.1, 0.15) is 44.9 Å². The first-order chi connectivity index (χ1) is 8.89. The molecule has 1 saturated heterocycles. The van der Waals surface area contributed by atoms with Crippen molar-refractivity contribution in [3.05, 3.63) is 0 Å². The third kappa shape index (κ3) is 3.42. The minimum Gasteiger partial charge on any atom is -0.481 e. The summed E-state index contributed by atoms with van der Waals surface area (Å²) in [7, 11) is 0. The number of hydrogen-bond donors (Lipinski definition) is 1. The maximum atomic E-state index is 12.8. The van der Waals surface area contributed by atoms with Gasteiger partial charge in [0.2, 0.25) is 11.8 Å². The van der Waals surface area contributed by atoms with Gasteiger partial charge in [0.25, 0.3) is 0 Å². The van der Waals surface area contributed by atoms with Crippen LogP contribution < -0.4 is 0 Å². The second-order valence-electron chi connectivity index (χ2n) is 5.57. The van der Waals surface area contributed by atoms with Crippen molar-refractivity contribution >= 4 is 11.9 Å². The van der Waals surface area contributed by atoms with Gasteiger partial charge in [-0.3, -0.25) is 9.59 Å². The molecule has 19 heavy (non-hydrogen) atoms. The zero-order valence-electron chi connectivity index (χ0n) is 10.8. The molecule has 1 aliphatic carbocycles. The zero-order valence-corrected chi connectivity index (χ0v) is 10.8. The van der Waals surface area contributed by atoms with Crippen molar-refractivity contribution in [2.75, 3.05) is 6.54 Å². The van der Waals surface area contributed by atoms with Gasteiger partial charge in [0.1, 0.15) is 0 Å². The van der Waals surface area contributed by atoms with E-state index in [2.05, 4.69) is 0 Å². The summed E-state index contributed by atoms with van der Waals surface area (Å²) in [5, 5.41) is 8.70. The molecule has 1 N–H and O–H groups in total. The van der Waals surface area contributed by atoms with E-state index >= 15 is 0 Å². The van der Waals surface area contributed by atoms with Gasteiger partial charge in [-0.05, 0) is 25.7 Å². The Hall–Kier alpha value is -1.20. The van der Waals surface area contributed by atoms with Crippen molar-refractivity contribution in [2.24, 2.45) is 5.92 Å². The molecule has 0 aromatic carbocycles. The third-order valence-corrected chi connectivity index (χ3v) is 4.04. The Morgan fingerprint density at radius 3 is 2.53 bits per heavy atom. The van der Waals surface area contributed by atoms with Crippen LogP contribution in [0.15, 0.2) is 0 Å². The average Bonchev–Trinajstić information content (AvgIpc) is 2.33.